The van der Waals surface area contributed by atoms with Crippen molar-refractivity contribution in [1.82, 2.24) is 10.3 Å². The van der Waals surface area contributed by atoms with Crippen LogP contribution >= 0.6 is 11.8 Å². The quantitative estimate of drug-likeness (QED) is 0.749. The molecule has 1 aliphatic heterocycles. The van der Waals surface area contributed by atoms with Gasteiger partial charge in [0.25, 0.3) is 0 Å². The molecule has 0 atom stereocenters. The van der Waals surface area contributed by atoms with E-state index < -0.39 is 0 Å². The van der Waals surface area contributed by atoms with Crippen molar-refractivity contribution in [3.8, 4) is 0 Å². The number of anilines is 1. The van der Waals surface area contributed by atoms with Crippen molar-refractivity contribution in [3.63, 3.8) is 0 Å². The first-order valence-corrected chi connectivity index (χ1v) is 9.04. The van der Waals surface area contributed by atoms with Crippen molar-refractivity contribution < 1.29 is 4.39 Å². The van der Waals surface area contributed by atoms with E-state index in [1.54, 1.807) is 17.8 Å². The monoisotopic (exact) mass is 341 g/mol. The summed E-state index contributed by atoms with van der Waals surface area (Å²) < 4.78 is 13.7. The van der Waals surface area contributed by atoms with Crippen molar-refractivity contribution in [2.75, 3.05) is 31.1 Å². The van der Waals surface area contributed by atoms with Gasteiger partial charge in [-0.15, -0.1) is 0 Å². The Morgan fingerprint density at radius 1 is 1.08 bits per heavy atom. The number of H-pyrrole nitrogens is 1. The van der Waals surface area contributed by atoms with Crippen LogP contribution in [0.2, 0.25) is 0 Å². The first kappa shape index (κ1) is 15.5. The number of aromatic nitrogens is 1. The van der Waals surface area contributed by atoms with Crippen molar-refractivity contribution in [1.29, 1.82) is 0 Å². The molecule has 1 aromatic heterocycles. The highest BCUT2D eigenvalue weighted by Crippen LogP contribution is 2.40. The average Bonchev–Trinajstić information content (AvgIpc) is 2.91. The molecule has 0 saturated carbocycles. The Morgan fingerprint density at radius 2 is 1.88 bits per heavy atom. The third-order valence-corrected chi connectivity index (χ3v) is 5.72. The molecule has 0 bridgehead atoms. The highest BCUT2D eigenvalue weighted by Gasteiger charge is 2.17. The van der Waals surface area contributed by atoms with Crippen LogP contribution < -0.4 is 10.2 Å². The van der Waals surface area contributed by atoms with Crippen LogP contribution in [0, 0.1) is 12.7 Å². The summed E-state index contributed by atoms with van der Waals surface area (Å²) in [5, 5.41) is 4.35. The molecule has 3 nitrogen and oxygen atoms in total. The first-order valence-electron chi connectivity index (χ1n) is 8.23. The normalized spacial score (nSPS) is 15.2. The maximum absolute atomic E-state index is 13.7. The Morgan fingerprint density at radius 3 is 2.71 bits per heavy atom. The molecule has 124 valence electrons. The van der Waals surface area contributed by atoms with Gasteiger partial charge in [0.05, 0.1) is 5.69 Å². The first-order chi connectivity index (χ1) is 11.7. The maximum atomic E-state index is 13.7. The Balaban J connectivity index is 1.74. The molecular formula is C19H20FN3S. The summed E-state index contributed by atoms with van der Waals surface area (Å²) in [7, 11) is 0. The zero-order valence-corrected chi connectivity index (χ0v) is 14.4. The zero-order valence-electron chi connectivity index (χ0n) is 13.6. The number of fused-ring (bicyclic) bond motifs is 1. The average molecular weight is 341 g/mol. The summed E-state index contributed by atoms with van der Waals surface area (Å²) >= 11 is 1.72. The summed E-state index contributed by atoms with van der Waals surface area (Å²) in [5.41, 5.74) is 3.32. The molecule has 1 saturated heterocycles. The SMILES string of the molecule is Cc1[nH]c2ccc(F)cc2c1Sc1ccccc1N1CCNCC1. The van der Waals surface area contributed by atoms with Crippen LogP contribution in [0.1, 0.15) is 5.69 Å². The van der Waals surface area contributed by atoms with E-state index in [1.807, 2.05) is 13.0 Å². The molecule has 0 spiro atoms. The molecule has 4 rings (SSSR count). The standard InChI is InChI=1S/C19H20FN3S/c1-13-19(15-12-14(20)6-7-16(15)22-13)24-18-5-3-2-4-17(18)23-10-8-21-9-11-23/h2-7,12,21-22H,8-11H2,1H3. The van der Waals surface area contributed by atoms with E-state index in [0.717, 1.165) is 47.7 Å². The number of hydrogen-bond donors (Lipinski definition) is 2. The molecule has 0 unspecified atom stereocenters. The number of para-hydroxylation sites is 1. The minimum Gasteiger partial charge on any atom is -0.368 e. The highest BCUT2D eigenvalue weighted by molar-refractivity contribution is 7.99. The van der Waals surface area contributed by atoms with Gasteiger partial charge in [-0.1, -0.05) is 23.9 Å². The lowest BCUT2D eigenvalue weighted by atomic mass is 10.2. The minimum absolute atomic E-state index is 0.196. The third kappa shape index (κ3) is 2.89. The van der Waals surface area contributed by atoms with Gasteiger partial charge in [0, 0.05) is 52.6 Å². The molecule has 0 radical (unpaired) electrons. The number of nitrogens with one attached hydrogen (secondary N) is 2. The van der Waals surface area contributed by atoms with Crippen LogP contribution in [0.3, 0.4) is 0 Å². The van der Waals surface area contributed by atoms with Gasteiger partial charge in [-0.25, -0.2) is 4.39 Å². The van der Waals surface area contributed by atoms with Gasteiger partial charge in [0.1, 0.15) is 5.82 Å². The van der Waals surface area contributed by atoms with E-state index in [9.17, 15) is 4.39 Å². The Labute approximate surface area is 145 Å². The van der Waals surface area contributed by atoms with Crippen molar-refractivity contribution in [2.45, 2.75) is 16.7 Å². The second-order valence-electron chi connectivity index (χ2n) is 6.08. The highest BCUT2D eigenvalue weighted by atomic mass is 32.2. The van der Waals surface area contributed by atoms with Gasteiger partial charge < -0.3 is 15.2 Å². The summed E-state index contributed by atoms with van der Waals surface area (Å²) in [6.07, 6.45) is 0. The number of nitrogens with zero attached hydrogens (tertiary/aromatic N) is 1. The fraction of sp³-hybridized carbons (Fsp3) is 0.263. The van der Waals surface area contributed by atoms with E-state index in [1.165, 1.54) is 16.6 Å². The lowest BCUT2D eigenvalue weighted by Gasteiger charge is -2.31. The number of benzene rings is 2. The predicted octanol–water partition coefficient (Wildman–Crippen LogP) is 4.18. The molecule has 5 heteroatoms. The smallest absolute Gasteiger partial charge is 0.123 e. The lowest BCUT2D eigenvalue weighted by molar-refractivity contribution is 0.587. The van der Waals surface area contributed by atoms with Gasteiger partial charge >= 0.3 is 0 Å². The molecular weight excluding hydrogens is 321 g/mol. The summed E-state index contributed by atoms with van der Waals surface area (Å²) in [6.45, 7) is 6.10. The fourth-order valence-corrected chi connectivity index (χ4v) is 4.38. The van der Waals surface area contributed by atoms with Crippen LogP contribution in [0.4, 0.5) is 10.1 Å². The van der Waals surface area contributed by atoms with Crippen LogP contribution in [0.5, 0.6) is 0 Å². The van der Waals surface area contributed by atoms with Gasteiger partial charge in [-0.05, 0) is 37.3 Å². The summed E-state index contributed by atoms with van der Waals surface area (Å²) in [6, 6.07) is 13.4. The summed E-state index contributed by atoms with van der Waals surface area (Å²) in [5.74, 6) is -0.196. The largest absolute Gasteiger partial charge is 0.368 e. The second kappa shape index (κ2) is 6.49. The number of piperazine rings is 1. The molecule has 0 amide bonds. The molecule has 1 aliphatic rings. The van der Waals surface area contributed by atoms with Gasteiger partial charge in [-0.3, -0.25) is 0 Å². The van der Waals surface area contributed by atoms with Gasteiger partial charge in [0.15, 0.2) is 0 Å². The molecule has 0 aliphatic carbocycles. The van der Waals surface area contributed by atoms with Gasteiger partial charge in [-0.2, -0.15) is 0 Å². The van der Waals surface area contributed by atoms with E-state index >= 15 is 0 Å². The fourth-order valence-electron chi connectivity index (χ4n) is 3.23. The van der Waals surface area contributed by atoms with E-state index in [0.29, 0.717) is 0 Å². The van der Waals surface area contributed by atoms with E-state index in [-0.39, 0.29) is 5.82 Å². The molecule has 2 N–H and O–H groups in total. The summed E-state index contributed by atoms with van der Waals surface area (Å²) in [4.78, 5) is 8.10. The van der Waals surface area contributed by atoms with Crippen LogP contribution in [0.25, 0.3) is 10.9 Å². The van der Waals surface area contributed by atoms with Crippen LogP contribution in [0.15, 0.2) is 52.3 Å². The van der Waals surface area contributed by atoms with Crippen LogP contribution in [-0.4, -0.2) is 31.2 Å². The molecule has 2 heterocycles. The van der Waals surface area contributed by atoms with Crippen LogP contribution in [-0.2, 0) is 0 Å². The third-order valence-electron chi connectivity index (χ3n) is 4.42. The molecule has 24 heavy (non-hydrogen) atoms. The number of rotatable bonds is 3. The lowest BCUT2D eigenvalue weighted by Crippen LogP contribution is -2.43. The molecule has 1 fully saturated rings. The predicted molar refractivity (Wildman–Crippen MR) is 98.6 cm³/mol. The Hall–Kier alpha value is -1.98. The van der Waals surface area contributed by atoms with E-state index in [2.05, 4.69) is 39.5 Å². The maximum Gasteiger partial charge on any atom is 0.123 e. The number of halogens is 1. The Bertz CT molecular complexity index is 868. The number of aryl methyl sites for hydroxylation is 1. The second-order valence-corrected chi connectivity index (χ2v) is 7.13. The minimum atomic E-state index is -0.196. The van der Waals surface area contributed by atoms with Crippen molar-refractivity contribution in [2.24, 2.45) is 0 Å². The number of hydrogen-bond acceptors (Lipinski definition) is 3. The van der Waals surface area contributed by atoms with Gasteiger partial charge in [0.2, 0.25) is 0 Å². The topological polar surface area (TPSA) is 31.1 Å². The zero-order chi connectivity index (χ0) is 16.5. The van der Waals surface area contributed by atoms with Crippen molar-refractivity contribution >= 4 is 28.4 Å². The Kier molecular flexibility index (Phi) is 4.21. The van der Waals surface area contributed by atoms with E-state index in [4.69, 9.17) is 0 Å². The molecule has 3 aromatic rings. The molecule has 2 aromatic carbocycles. The van der Waals surface area contributed by atoms with Crippen molar-refractivity contribution in [3.05, 3.63) is 54.0 Å². The number of aromatic amines is 1.